The van der Waals surface area contributed by atoms with Crippen molar-refractivity contribution in [1.82, 2.24) is 9.71 Å². The van der Waals surface area contributed by atoms with Gasteiger partial charge in [0.15, 0.2) is 0 Å². The quantitative estimate of drug-likeness (QED) is 0.875. The number of hydrogen-bond acceptors (Lipinski definition) is 4. The zero-order valence-electron chi connectivity index (χ0n) is 12.1. The average Bonchev–Trinajstić information content (AvgIpc) is 2.47. The molecular formula is C14H23N3O2S. The summed E-state index contributed by atoms with van der Waals surface area (Å²) in [4.78, 5) is 4.30. The summed E-state index contributed by atoms with van der Waals surface area (Å²) in [6.45, 7) is 2.13. The largest absolute Gasteiger partial charge is 0.373 e. The zero-order chi connectivity index (χ0) is 14.6. The molecule has 0 bridgehead atoms. The lowest BCUT2D eigenvalue weighted by molar-refractivity contribution is 0.282. The first kappa shape index (κ1) is 15.3. The molecule has 1 fully saturated rings. The van der Waals surface area contributed by atoms with E-state index in [1.807, 2.05) is 0 Å². The maximum absolute atomic E-state index is 12.4. The van der Waals surface area contributed by atoms with Crippen LogP contribution in [-0.4, -0.2) is 26.5 Å². The second-order valence-electron chi connectivity index (χ2n) is 5.31. The van der Waals surface area contributed by atoms with Crippen molar-refractivity contribution in [2.24, 2.45) is 5.92 Å². The van der Waals surface area contributed by atoms with Crippen LogP contribution in [-0.2, 0) is 10.0 Å². The fraction of sp³-hybridized carbons (Fsp3) is 0.643. The fourth-order valence-corrected chi connectivity index (χ4v) is 4.09. The van der Waals surface area contributed by atoms with Crippen LogP contribution in [0.3, 0.4) is 0 Å². The van der Waals surface area contributed by atoms with Crippen LogP contribution in [0.5, 0.6) is 0 Å². The van der Waals surface area contributed by atoms with Crippen molar-refractivity contribution >= 4 is 15.8 Å². The Morgan fingerprint density at radius 3 is 2.65 bits per heavy atom. The van der Waals surface area contributed by atoms with Gasteiger partial charge < -0.3 is 5.32 Å². The molecule has 0 spiro atoms. The lowest BCUT2D eigenvalue weighted by Crippen LogP contribution is -2.41. The highest BCUT2D eigenvalue weighted by atomic mass is 32.2. The molecular weight excluding hydrogens is 274 g/mol. The summed E-state index contributed by atoms with van der Waals surface area (Å²) in [6, 6.07) is 3.32. The second-order valence-corrected chi connectivity index (χ2v) is 7.02. The van der Waals surface area contributed by atoms with Crippen LogP contribution in [0, 0.1) is 5.92 Å². The lowest BCUT2D eigenvalue weighted by Gasteiger charge is -2.31. The van der Waals surface area contributed by atoms with Gasteiger partial charge in [-0.15, -0.1) is 0 Å². The van der Waals surface area contributed by atoms with E-state index in [1.54, 1.807) is 19.2 Å². The molecule has 0 radical (unpaired) electrons. The SMILES string of the molecule is CCC1CCCCC1NS(=O)(=O)c1ccc(NC)nc1. The molecule has 6 heteroatoms. The molecule has 0 saturated heterocycles. The van der Waals surface area contributed by atoms with Gasteiger partial charge in [-0.1, -0.05) is 26.2 Å². The van der Waals surface area contributed by atoms with Crippen molar-refractivity contribution in [2.45, 2.75) is 50.0 Å². The van der Waals surface area contributed by atoms with Gasteiger partial charge in [-0.2, -0.15) is 0 Å². The molecule has 2 atom stereocenters. The number of pyridine rings is 1. The van der Waals surface area contributed by atoms with Crippen molar-refractivity contribution in [3.63, 3.8) is 0 Å². The Hall–Kier alpha value is -1.14. The summed E-state index contributed by atoms with van der Waals surface area (Å²) < 4.78 is 27.6. The van der Waals surface area contributed by atoms with E-state index in [9.17, 15) is 8.42 Å². The Labute approximate surface area is 121 Å². The maximum atomic E-state index is 12.4. The van der Waals surface area contributed by atoms with Gasteiger partial charge in [0.1, 0.15) is 10.7 Å². The first-order valence-electron chi connectivity index (χ1n) is 7.23. The number of nitrogens with zero attached hydrogens (tertiary/aromatic N) is 1. The van der Waals surface area contributed by atoms with Gasteiger partial charge in [-0.25, -0.2) is 18.1 Å². The highest BCUT2D eigenvalue weighted by Gasteiger charge is 2.28. The van der Waals surface area contributed by atoms with E-state index in [0.29, 0.717) is 11.7 Å². The highest BCUT2D eigenvalue weighted by molar-refractivity contribution is 7.89. The van der Waals surface area contributed by atoms with E-state index < -0.39 is 10.0 Å². The van der Waals surface area contributed by atoms with E-state index in [4.69, 9.17) is 0 Å². The van der Waals surface area contributed by atoms with Crippen molar-refractivity contribution in [3.05, 3.63) is 18.3 Å². The maximum Gasteiger partial charge on any atom is 0.242 e. The summed E-state index contributed by atoms with van der Waals surface area (Å²) in [6.07, 6.45) is 6.76. The number of hydrogen-bond donors (Lipinski definition) is 2. The van der Waals surface area contributed by atoms with Gasteiger partial charge >= 0.3 is 0 Å². The van der Waals surface area contributed by atoms with Gasteiger partial charge in [0, 0.05) is 19.3 Å². The Bertz CT molecular complexity index is 528. The molecule has 2 rings (SSSR count). The van der Waals surface area contributed by atoms with Crippen LogP contribution in [0.25, 0.3) is 0 Å². The minimum atomic E-state index is -3.47. The van der Waals surface area contributed by atoms with E-state index in [-0.39, 0.29) is 10.9 Å². The summed E-state index contributed by atoms with van der Waals surface area (Å²) in [5, 5.41) is 2.88. The number of sulfonamides is 1. The molecule has 2 unspecified atom stereocenters. The summed E-state index contributed by atoms with van der Waals surface area (Å²) in [5.41, 5.74) is 0. The molecule has 0 aliphatic heterocycles. The lowest BCUT2D eigenvalue weighted by atomic mass is 9.83. The van der Waals surface area contributed by atoms with Gasteiger partial charge in [-0.3, -0.25) is 0 Å². The summed E-state index contributed by atoms with van der Waals surface area (Å²) in [5.74, 6) is 1.11. The van der Waals surface area contributed by atoms with Crippen LogP contribution in [0.1, 0.15) is 39.0 Å². The standard InChI is InChI=1S/C14H23N3O2S/c1-3-11-6-4-5-7-13(11)17-20(18,19)12-8-9-14(15-2)16-10-12/h8-11,13,17H,3-7H2,1-2H3,(H,15,16). The van der Waals surface area contributed by atoms with Crippen LogP contribution in [0.4, 0.5) is 5.82 Å². The highest BCUT2D eigenvalue weighted by Crippen LogP contribution is 2.28. The topological polar surface area (TPSA) is 71.1 Å². The smallest absolute Gasteiger partial charge is 0.242 e. The molecule has 1 aliphatic rings. The number of anilines is 1. The second kappa shape index (κ2) is 6.54. The third-order valence-corrected chi connectivity index (χ3v) is 5.52. The van der Waals surface area contributed by atoms with Gasteiger partial charge in [0.05, 0.1) is 0 Å². The van der Waals surface area contributed by atoms with Crippen LogP contribution in [0.15, 0.2) is 23.2 Å². The molecule has 0 amide bonds. The molecule has 1 aromatic heterocycles. The Kier molecular flexibility index (Phi) is 4.99. The van der Waals surface area contributed by atoms with Crippen molar-refractivity contribution in [1.29, 1.82) is 0 Å². The minimum absolute atomic E-state index is 0.0581. The normalized spacial score (nSPS) is 23.5. The van der Waals surface area contributed by atoms with Crippen LogP contribution < -0.4 is 10.0 Å². The van der Waals surface area contributed by atoms with E-state index in [0.717, 1.165) is 25.7 Å². The Morgan fingerprint density at radius 1 is 1.30 bits per heavy atom. The zero-order valence-corrected chi connectivity index (χ0v) is 12.9. The molecule has 1 saturated carbocycles. The number of aromatic nitrogens is 1. The molecule has 5 nitrogen and oxygen atoms in total. The van der Waals surface area contributed by atoms with Gasteiger partial charge in [0.25, 0.3) is 0 Å². The van der Waals surface area contributed by atoms with Crippen molar-refractivity contribution < 1.29 is 8.42 Å². The fourth-order valence-electron chi connectivity index (χ4n) is 2.81. The van der Waals surface area contributed by atoms with E-state index in [1.165, 1.54) is 12.6 Å². The first-order chi connectivity index (χ1) is 9.56. The summed E-state index contributed by atoms with van der Waals surface area (Å²) >= 11 is 0. The average molecular weight is 297 g/mol. The van der Waals surface area contributed by atoms with E-state index in [2.05, 4.69) is 21.9 Å². The predicted octanol–water partition coefficient (Wildman–Crippen LogP) is 2.37. The first-order valence-corrected chi connectivity index (χ1v) is 8.71. The van der Waals surface area contributed by atoms with Crippen LogP contribution in [0.2, 0.25) is 0 Å². The monoisotopic (exact) mass is 297 g/mol. The van der Waals surface area contributed by atoms with Crippen molar-refractivity contribution in [3.8, 4) is 0 Å². The molecule has 2 N–H and O–H groups in total. The minimum Gasteiger partial charge on any atom is -0.373 e. The third kappa shape index (κ3) is 3.49. The number of nitrogens with one attached hydrogen (secondary N) is 2. The van der Waals surface area contributed by atoms with Crippen molar-refractivity contribution in [2.75, 3.05) is 12.4 Å². The molecule has 20 heavy (non-hydrogen) atoms. The Morgan fingerprint density at radius 2 is 2.05 bits per heavy atom. The molecule has 1 heterocycles. The predicted molar refractivity (Wildman–Crippen MR) is 80.1 cm³/mol. The van der Waals surface area contributed by atoms with Gasteiger partial charge in [-0.05, 0) is 30.9 Å². The molecule has 0 aromatic carbocycles. The molecule has 1 aromatic rings. The van der Waals surface area contributed by atoms with E-state index >= 15 is 0 Å². The van der Waals surface area contributed by atoms with Crippen LogP contribution >= 0.6 is 0 Å². The summed E-state index contributed by atoms with van der Waals surface area (Å²) in [7, 11) is -1.72. The molecule has 1 aliphatic carbocycles. The number of rotatable bonds is 5. The Balaban J connectivity index is 2.12. The third-order valence-electron chi connectivity index (χ3n) is 4.04. The molecule has 112 valence electrons. The van der Waals surface area contributed by atoms with Gasteiger partial charge in [0.2, 0.25) is 10.0 Å².